The van der Waals surface area contributed by atoms with Gasteiger partial charge in [0.15, 0.2) is 11.5 Å². The number of carbonyl (C=O) groups excluding carboxylic acids is 2. The summed E-state index contributed by atoms with van der Waals surface area (Å²) in [5.74, 6) is -0.747. The highest BCUT2D eigenvalue weighted by Crippen LogP contribution is 2.33. The van der Waals surface area contributed by atoms with E-state index in [2.05, 4.69) is 9.72 Å². The Morgan fingerprint density at radius 3 is 2.50 bits per heavy atom. The van der Waals surface area contributed by atoms with Crippen molar-refractivity contribution in [1.29, 1.82) is 0 Å². The standard InChI is InChI=1S/C12H11NO3S2/c1-6-4-5-8(17-6)11-13-9(12(15)16-3)10(18-11)7(2)14/h4-5H,1-3H3. The van der Waals surface area contributed by atoms with E-state index in [0.717, 1.165) is 9.75 Å². The lowest BCUT2D eigenvalue weighted by Gasteiger charge is -1.95. The fourth-order valence-electron chi connectivity index (χ4n) is 1.45. The fourth-order valence-corrected chi connectivity index (χ4v) is 3.32. The molecule has 0 saturated carbocycles. The Labute approximate surface area is 112 Å². The zero-order valence-electron chi connectivity index (χ0n) is 10.1. The van der Waals surface area contributed by atoms with Gasteiger partial charge in [0, 0.05) is 11.8 Å². The molecule has 0 spiro atoms. The van der Waals surface area contributed by atoms with Crippen LogP contribution in [0.3, 0.4) is 0 Å². The lowest BCUT2D eigenvalue weighted by molar-refractivity contribution is 0.0591. The van der Waals surface area contributed by atoms with E-state index in [9.17, 15) is 9.59 Å². The van der Waals surface area contributed by atoms with E-state index >= 15 is 0 Å². The van der Waals surface area contributed by atoms with E-state index in [1.54, 1.807) is 11.3 Å². The average Bonchev–Trinajstić information content (AvgIpc) is 2.93. The van der Waals surface area contributed by atoms with Crippen molar-refractivity contribution in [3.63, 3.8) is 0 Å². The first-order valence-corrected chi connectivity index (χ1v) is 6.83. The molecule has 0 fully saturated rings. The SMILES string of the molecule is COC(=O)c1nc(-c2ccc(C)s2)sc1C(C)=O. The predicted octanol–water partition coefficient (Wildman–Crippen LogP) is 3.17. The van der Waals surface area contributed by atoms with Gasteiger partial charge >= 0.3 is 5.97 Å². The number of nitrogens with zero attached hydrogens (tertiary/aromatic N) is 1. The summed E-state index contributed by atoms with van der Waals surface area (Å²) in [5, 5.41) is 0.679. The quantitative estimate of drug-likeness (QED) is 0.640. The van der Waals surface area contributed by atoms with E-state index in [0.29, 0.717) is 9.88 Å². The molecule has 18 heavy (non-hydrogen) atoms. The zero-order valence-corrected chi connectivity index (χ0v) is 11.8. The number of hydrogen-bond acceptors (Lipinski definition) is 6. The van der Waals surface area contributed by atoms with E-state index < -0.39 is 5.97 Å². The summed E-state index contributed by atoms with van der Waals surface area (Å²) in [6, 6.07) is 3.91. The van der Waals surface area contributed by atoms with Crippen LogP contribution in [0.25, 0.3) is 9.88 Å². The maximum Gasteiger partial charge on any atom is 0.358 e. The summed E-state index contributed by atoms with van der Waals surface area (Å²) < 4.78 is 4.64. The van der Waals surface area contributed by atoms with Gasteiger partial charge in [-0.25, -0.2) is 9.78 Å². The molecule has 0 aliphatic rings. The lowest BCUT2D eigenvalue weighted by atomic mass is 10.3. The Bertz CT molecular complexity index is 613. The minimum atomic E-state index is -0.573. The van der Waals surface area contributed by atoms with Crippen LogP contribution in [0.2, 0.25) is 0 Å². The summed E-state index contributed by atoms with van der Waals surface area (Å²) in [7, 11) is 1.28. The molecule has 6 heteroatoms. The van der Waals surface area contributed by atoms with Gasteiger partial charge in [0.05, 0.1) is 12.0 Å². The minimum Gasteiger partial charge on any atom is -0.464 e. The van der Waals surface area contributed by atoms with Gasteiger partial charge in [-0.1, -0.05) is 0 Å². The number of hydrogen-bond donors (Lipinski definition) is 0. The van der Waals surface area contributed by atoms with Crippen molar-refractivity contribution < 1.29 is 14.3 Å². The number of aromatic nitrogens is 1. The highest BCUT2D eigenvalue weighted by molar-refractivity contribution is 7.22. The Morgan fingerprint density at radius 2 is 2.00 bits per heavy atom. The molecule has 0 unspecified atom stereocenters. The largest absolute Gasteiger partial charge is 0.464 e. The summed E-state index contributed by atoms with van der Waals surface area (Å²) in [6.07, 6.45) is 0. The second kappa shape index (κ2) is 4.99. The molecule has 2 heterocycles. The number of esters is 1. The van der Waals surface area contributed by atoms with Gasteiger partial charge < -0.3 is 4.74 Å². The van der Waals surface area contributed by atoms with Gasteiger partial charge in [-0.15, -0.1) is 22.7 Å². The third-order valence-corrected chi connectivity index (χ3v) is 4.60. The first-order chi connectivity index (χ1) is 8.52. The van der Waals surface area contributed by atoms with Gasteiger partial charge in [-0.3, -0.25) is 4.79 Å². The van der Waals surface area contributed by atoms with Crippen LogP contribution < -0.4 is 0 Å². The van der Waals surface area contributed by atoms with Crippen molar-refractivity contribution in [3.8, 4) is 9.88 Å². The predicted molar refractivity (Wildman–Crippen MR) is 71.5 cm³/mol. The minimum absolute atomic E-state index is 0.107. The van der Waals surface area contributed by atoms with Crippen molar-refractivity contribution in [3.05, 3.63) is 27.6 Å². The van der Waals surface area contributed by atoms with Crippen LogP contribution in [0.4, 0.5) is 0 Å². The van der Waals surface area contributed by atoms with Gasteiger partial charge in [0.1, 0.15) is 9.88 Å². The van der Waals surface area contributed by atoms with Crippen LogP contribution in [-0.4, -0.2) is 23.8 Å². The maximum absolute atomic E-state index is 11.6. The topological polar surface area (TPSA) is 56.3 Å². The van der Waals surface area contributed by atoms with Crippen molar-refractivity contribution in [2.24, 2.45) is 0 Å². The Balaban J connectivity index is 2.52. The molecule has 0 atom stereocenters. The van der Waals surface area contributed by atoms with Crippen molar-refractivity contribution in [1.82, 2.24) is 4.98 Å². The monoisotopic (exact) mass is 281 g/mol. The number of Topliss-reactive ketones (excluding diaryl/α,β-unsaturated/α-hetero) is 1. The molecule has 0 aliphatic carbocycles. The molecule has 0 amide bonds. The van der Waals surface area contributed by atoms with Crippen LogP contribution >= 0.6 is 22.7 Å². The van der Waals surface area contributed by atoms with E-state index in [1.165, 1.54) is 25.4 Å². The fraction of sp³-hybridized carbons (Fsp3) is 0.250. The van der Waals surface area contributed by atoms with Gasteiger partial charge in [-0.2, -0.15) is 0 Å². The van der Waals surface area contributed by atoms with Crippen LogP contribution in [0, 0.1) is 6.92 Å². The molecule has 94 valence electrons. The number of ether oxygens (including phenoxy) is 1. The molecule has 0 saturated heterocycles. The van der Waals surface area contributed by atoms with Crippen LogP contribution in [0.15, 0.2) is 12.1 Å². The normalized spacial score (nSPS) is 10.4. The van der Waals surface area contributed by atoms with Crippen molar-refractivity contribution in [2.45, 2.75) is 13.8 Å². The zero-order chi connectivity index (χ0) is 13.3. The molecule has 2 aromatic rings. The molecule has 2 aromatic heterocycles. The summed E-state index contributed by atoms with van der Waals surface area (Å²) >= 11 is 2.81. The van der Waals surface area contributed by atoms with Gasteiger partial charge in [-0.05, 0) is 19.1 Å². The molecule has 0 radical (unpaired) electrons. The molecular formula is C12H11NO3S2. The Morgan fingerprint density at radius 1 is 1.28 bits per heavy atom. The maximum atomic E-state index is 11.6. The van der Waals surface area contributed by atoms with Crippen molar-refractivity contribution >= 4 is 34.4 Å². The van der Waals surface area contributed by atoms with Crippen LogP contribution in [-0.2, 0) is 4.74 Å². The Hall–Kier alpha value is -1.53. The first-order valence-electron chi connectivity index (χ1n) is 5.20. The molecular weight excluding hydrogens is 270 g/mol. The number of rotatable bonds is 3. The van der Waals surface area contributed by atoms with E-state index in [1.807, 2.05) is 19.1 Å². The summed E-state index contributed by atoms with van der Waals surface area (Å²) in [6.45, 7) is 3.41. The highest BCUT2D eigenvalue weighted by Gasteiger charge is 2.22. The number of thiophene rings is 1. The summed E-state index contributed by atoms with van der Waals surface area (Å²) in [4.78, 5) is 29.7. The Kier molecular flexibility index (Phi) is 3.58. The van der Waals surface area contributed by atoms with Gasteiger partial charge in [0.25, 0.3) is 0 Å². The molecule has 0 aliphatic heterocycles. The van der Waals surface area contributed by atoms with Gasteiger partial charge in [0.2, 0.25) is 0 Å². The molecule has 0 bridgehead atoms. The first kappa shape index (κ1) is 12.9. The number of methoxy groups -OCH3 is 1. The van der Waals surface area contributed by atoms with E-state index in [4.69, 9.17) is 0 Å². The van der Waals surface area contributed by atoms with Crippen molar-refractivity contribution in [2.75, 3.05) is 7.11 Å². The number of carbonyl (C=O) groups is 2. The number of ketones is 1. The number of aryl methyl sites for hydroxylation is 1. The molecule has 4 nitrogen and oxygen atoms in total. The molecule has 0 aromatic carbocycles. The molecule has 2 rings (SSSR count). The van der Waals surface area contributed by atoms with Crippen LogP contribution in [0.5, 0.6) is 0 Å². The second-order valence-corrected chi connectivity index (χ2v) is 5.94. The summed E-state index contributed by atoms with van der Waals surface area (Å²) in [5.41, 5.74) is 0.107. The highest BCUT2D eigenvalue weighted by atomic mass is 32.1. The van der Waals surface area contributed by atoms with E-state index in [-0.39, 0.29) is 11.5 Å². The third-order valence-electron chi connectivity index (χ3n) is 2.28. The average molecular weight is 281 g/mol. The smallest absolute Gasteiger partial charge is 0.358 e. The number of thiazole rings is 1. The third kappa shape index (κ3) is 2.34. The second-order valence-electron chi connectivity index (χ2n) is 3.65. The molecule has 0 N–H and O–H groups in total. The van der Waals surface area contributed by atoms with Crippen LogP contribution in [0.1, 0.15) is 32.0 Å². The lowest BCUT2D eigenvalue weighted by Crippen LogP contribution is -2.06.